The Morgan fingerprint density at radius 3 is 2.69 bits per heavy atom. The maximum atomic E-state index is 12.3. The molecule has 4 aromatic rings. The number of para-hydroxylation sites is 1. The van der Waals surface area contributed by atoms with Crippen LogP contribution in [0.15, 0.2) is 59.6 Å². The number of amides is 1. The minimum atomic E-state index is -0.195. The van der Waals surface area contributed by atoms with Crippen LogP contribution < -0.4 is 5.32 Å². The van der Waals surface area contributed by atoms with Crippen molar-refractivity contribution >= 4 is 39.9 Å². The van der Waals surface area contributed by atoms with Gasteiger partial charge >= 0.3 is 0 Å². The fourth-order valence-corrected chi connectivity index (χ4v) is 4.61. The Morgan fingerprint density at radius 1 is 1.07 bits per heavy atom. The molecule has 29 heavy (non-hydrogen) atoms. The number of pyridine rings is 1. The Hall–Kier alpha value is -2.77. The third kappa shape index (κ3) is 4.81. The number of thioether (sulfide) groups is 1. The summed E-state index contributed by atoms with van der Waals surface area (Å²) in [5, 5.41) is 14.4. The maximum Gasteiger partial charge on any atom is 0.282 e. The van der Waals surface area contributed by atoms with Crippen LogP contribution in [0.3, 0.4) is 0 Å². The fraction of sp³-hybridized carbons (Fsp3) is 0.182. The van der Waals surface area contributed by atoms with E-state index in [2.05, 4.69) is 34.6 Å². The van der Waals surface area contributed by atoms with E-state index in [9.17, 15) is 4.79 Å². The lowest BCUT2D eigenvalue weighted by molar-refractivity contribution is 0.0950. The number of carbonyl (C=O) groups excluding carboxylic acids is 1. The molecule has 2 aromatic carbocycles. The second-order valence-electron chi connectivity index (χ2n) is 6.75. The molecule has 0 radical (unpaired) electrons. The van der Waals surface area contributed by atoms with E-state index in [1.54, 1.807) is 11.8 Å². The van der Waals surface area contributed by atoms with Crippen LogP contribution >= 0.6 is 23.1 Å². The van der Waals surface area contributed by atoms with Crippen LogP contribution in [0, 0.1) is 13.8 Å². The summed E-state index contributed by atoms with van der Waals surface area (Å²) in [7, 11) is 0. The molecular weight excluding hydrogens is 400 g/mol. The summed E-state index contributed by atoms with van der Waals surface area (Å²) in [5.41, 5.74) is 4.44. The molecule has 0 spiro atoms. The number of fused-ring (bicyclic) bond motifs is 1. The molecule has 0 saturated carbocycles. The number of nitrogens with one attached hydrogen (secondary N) is 1. The molecule has 0 unspecified atom stereocenters. The van der Waals surface area contributed by atoms with Gasteiger partial charge in [0.25, 0.3) is 5.91 Å². The van der Waals surface area contributed by atoms with E-state index in [-0.39, 0.29) is 5.91 Å². The highest BCUT2D eigenvalue weighted by Crippen LogP contribution is 2.27. The van der Waals surface area contributed by atoms with Gasteiger partial charge in [-0.1, -0.05) is 71.1 Å². The predicted octanol–water partition coefficient (Wildman–Crippen LogP) is 4.93. The highest BCUT2D eigenvalue weighted by molar-refractivity contribution is 7.98. The van der Waals surface area contributed by atoms with Crippen molar-refractivity contribution in [2.45, 2.75) is 31.2 Å². The molecule has 0 saturated heterocycles. The first-order valence-electron chi connectivity index (χ1n) is 9.24. The fourth-order valence-electron chi connectivity index (χ4n) is 2.90. The van der Waals surface area contributed by atoms with Crippen LogP contribution in [0.4, 0.5) is 0 Å². The van der Waals surface area contributed by atoms with Gasteiger partial charge in [-0.3, -0.25) is 4.79 Å². The molecule has 1 amide bonds. The second-order valence-corrected chi connectivity index (χ2v) is 8.81. The number of benzene rings is 2. The van der Waals surface area contributed by atoms with Crippen LogP contribution in [0.2, 0.25) is 0 Å². The maximum absolute atomic E-state index is 12.3. The summed E-state index contributed by atoms with van der Waals surface area (Å²) in [5.74, 6) is 0.437. The van der Waals surface area contributed by atoms with Crippen LogP contribution in [-0.4, -0.2) is 21.1 Å². The average molecular weight is 421 g/mol. The summed E-state index contributed by atoms with van der Waals surface area (Å²) in [6.45, 7) is 4.61. The summed E-state index contributed by atoms with van der Waals surface area (Å²) >= 11 is 2.93. The van der Waals surface area contributed by atoms with Crippen molar-refractivity contribution < 1.29 is 4.79 Å². The minimum absolute atomic E-state index is 0.195. The Balaban J connectivity index is 1.36. The van der Waals surface area contributed by atoms with Crippen LogP contribution in [0.5, 0.6) is 0 Å². The van der Waals surface area contributed by atoms with Crippen molar-refractivity contribution in [3.63, 3.8) is 0 Å². The third-order valence-corrected chi connectivity index (χ3v) is 6.51. The van der Waals surface area contributed by atoms with Gasteiger partial charge in [-0.25, -0.2) is 4.98 Å². The second kappa shape index (κ2) is 8.71. The topological polar surface area (TPSA) is 67.8 Å². The Kier molecular flexibility index (Phi) is 5.87. The summed E-state index contributed by atoms with van der Waals surface area (Å²) in [6, 6.07) is 18.3. The number of aromatic nitrogens is 3. The zero-order valence-electron chi connectivity index (χ0n) is 16.2. The molecule has 146 valence electrons. The first-order valence-corrected chi connectivity index (χ1v) is 11.0. The molecular formula is C22H20N4OS2. The molecule has 2 aromatic heterocycles. The van der Waals surface area contributed by atoms with Gasteiger partial charge < -0.3 is 5.32 Å². The number of aryl methyl sites for hydroxylation is 2. The van der Waals surface area contributed by atoms with Gasteiger partial charge in [0, 0.05) is 11.9 Å². The quantitative estimate of drug-likeness (QED) is 0.448. The van der Waals surface area contributed by atoms with E-state index in [0.29, 0.717) is 17.3 Å². The molecule has 1 N–H and O–H groups in total. The van der Waals surface area contributed by atoms with Crippen LogP contribution in [0.1, 0.15) is 31.5 Å². The first-order chi connectivity index (χ1) is 14.1. The average Bonchev–Trinajstić information content (AvgIpc) is 3.21. The smallest absolute Gasteiger partial charge is 0.282 e. The Morgan fingerprint density at radius 2 is 1.86 bits per heavy atom. The number of nitrogens with zero attached hydrogens (tertiary/aromatic N) is 3. The number of hydrogen-bond donors (Lipinski definition) is 1. The van der Waals surface area contributed by atoms with E-state index in [0.717, 1.165) is 21.1 Å². The lowest BCUT2D eigenvalue weighted by Gasteiger charge is -2.05. The molecule has 0 aliphatic rings. The van der Waals surface area contributed by atoms with E-state index in [4.69, 9.17) is 4.98 Å². The lowest BCUT2D eigenvalue weighted by Crippen LogP contribution is -2.22. The highest BCUT2D eigenvalue weighted by atomic mass is 32.2. The minimum Gasteiger partial charge on any atom is -0.346 e. The summed E-state index contributed by atoms with van der Waals surface area (Å²) < 4.78 is 0. The number of carbonyl (C=O) groups is 1. The van der Waals surface area contributed by atoms with E-state index < -0.39 is 0 Å². The van der Waals surface area contributed by atoms with Crippen molar-refractivity contribution in [3.8, 4) is 0 Å². The van der Waals surface area contributed by atoms with Gasteiger partial charge in [-0.2, -0.15) is 0 Å². The molecule has 0 aliphatic heterocycles. The van der Waals surface area contributed by atoms with Gasteiger partial charge in [0.15, 0.2) is 0 Å². The van der Waals surface area contributed by atoms with Crippen molar-refractivity contribution in [1.29, 1.82) is 0 Å². The molecule has 0 aliphatic carbocycles. The van der Waals surface area contributed by atoms with Crippen molar-refractivity contribution in [2.75, 3.05) is 0 Å². The zero-order valence-corrected chi connectivity index (χ0v) is 17.8. The molecule has 0 fully saturated rings. The monoisotopic (exact) mass is 420 g/mol. The molecule has 2 heterocycles. The Labute approximate surface area is 177 Å². The lowest BCUT2D eigenvalue weighted by atomic mass is 10.1. The van der Waals surface area contributed by atoms with Gasteiger partial charge in [-0.15, -0.1) is 10.2 Å². The standard InChI is InChI=1S/C22H20N4OS2/c1-14-7-9-16(10-8-14)12-23-21(27)22-26-25-20(29-22)13-28-19-11-15(2)17-5-3-4-6-18(17)24-19/h3-11H,12-13H2,1-2H3,(H,23,27). The molecule has 0 atom stereocenters. The van der Waals surface area contributed by atoms with Crippen molar-refractivity contribution in [3.05, 3.63) is 81.3 Å². The van der Waals surface area contributed by atoms with Gasteiger partial charge in [0.1, 0.15) is 5.01 Å². The summed E-state index contributed by atoms with van der Waals surface area (Å²) in [6.07, 6.45) is 0. The molecule has 4 rings (SSSR count). The third-order valence-electron chi connectivity index (χ3n) is 4.48. The largest absolute Gasteiger partial charge is 0.346 e. The van der Waals surface area contributed by atoms with Crippen LogP contribution in [-0.2, 0) is 12.3 Å². The van der Waals surface area contributed by atoms with E-state index in [1.807, 2.05) is 49.4 Å². The number of hydrogen-bond acceptors (Lipinski definition) is 6. The summed E-state index contributed by atoms with van der Waals surface area (Å²) in [4.78, 5) is 17.0. The van der Waals surface area contributed by atoms with Gasteiger partial charge in [0.2, 0.25) is 5.01 Å². The number of rotatable bonds is 6. The van der Waals surface area contributed by atoms with E-state index in [1.165, 1.54) is 27.8 Å². The zero-order chi connectivity index (χ0) is 20.2. The first kappa shape index (κ1) is 19.5. The molecule has 7 heteroatoms. The SMILES string of the molecule is Cc1ccc(CNC(=O)c2nnc(CSc3cc(C)c4ccccc4n3)s2)cc1. The highest BCUT2D eigenvalue weighted by Gasteiger charge is 2.13. The molecule has 0 bridgehead atoms. The normalized spacial score (nSPS) is 11.0. The van der Waals surface area contributed by atoms with Crippen LogP contribution in [0.25, 0.3) is 10.9 Å². The van der Waals surface area contributed by atoms with Crippen molar-refractivity contribution in [2.24, 2.45) is 0 Å². The van der Waals surface area contributed by atoms with E-state index >= 15 is 0 Å². The molecule has 5 nitrogen and oxygen atoms in total. The van der Waals surface area contributed by atoms with Gasteiger partial charge in [-0.05, 0) is 37.1 Å². The van der Waals surface area contributed by atoms with Gasteiger partial charge in [0.05, 0.1) is 16.3 Å². The van der Waals surface area contributed by atoms with Crippen molar-refractivity contribution in [1.82, 2.24) is 20.5 Å². The Bertz CT molecular complexity index is 1160. The predicted molar refractivity (Wildman–Crippen MR) is 118 cm³/mol.